The first-order chi connectivity index (χ1) is 64.9. The van der Waals surface area contributed by atoms with Crippen molar-refractivity contribution in [2.24, 2.45) is 0 Å². The number of fused-ring (bicyclic) bond motifs is 35. The fraction of sp³-hybridized carbons (Fsp3) is 0.0325. The van der Waals surface area contributed by atoms with Crippen LogP contribution in [0.25, 0.3) is 167 Å². The van der Waals surface area contributed by atoms with E-state index in [1.165, 1.54) is 160 Å². The average molecular weight is 1680 g/mol. The van der Waals surface area contributed by atoms with Gasteiger partial charge in [-0.3, -0.25) is 4.98 Å². The lowest BCUT2D eigenvalue weighted by Gasteiger charge is -2.48. The summed E-state index contributed by atoms with van der Waals surface area (Å²) in [6.07, 6.45) is 1.78. The second kappa shape index (κ2) is 27.9. The van der Waals surface area contributed by atoms with Crippen LogP contribution >= 0.6 is 11.3 Å². The van der Waals surface area contributed by atoms with Crippen molar-refractivity contribution < 1.29 is 0 Å². The van der Waals surface area contributed by atoms with Crippen molar-refractivity contribution in [2.45, 2.75) is 21.7 Å². The number of hydrogen-bond acceptors (Lipinski definition) is 8. The SMILES string of the molecule is c1ccc(-c2nc(-c3cccc(-c4ccc5c(c4)C4(c6ccccc6-5)c5ccccc5C5(c6ccccc6-c6ccccc65)c5ccccc54)c3)nc(-c3ccc4c(c3)sc3cc(-c5ccc6c(c5)-c5ccccc5C65c6ccccc6C6(c7ccccc7-c7c(-c8ccc(-c9nc(-c%10ccccc%10)nc(-c%10ccccn%10)n9)cc8)cccc76)c6ccccc65)ccc34)n2)cc1. The quantitative estimate of drug-likeness (QED) is 0.142. The molecule has 8 heteroatoms. The highest BCUT2D eigenvalue weighted by Crippen LogP contribution is 2.71. The van der Waals surface area contributed by atoms with E-state index in [0.717, 1.165) is 54.8 Å². The van der Waals surface area contributed by atoms with E-state index in [9.17, 15) is 0 Å². The van der Waals surface area contributed by atoms with Crippen LogP contribution in [0.1, 0.15) is 89.0 Å². The van der Waals surface area contributed by atoms with Gasteiger partial charge < -0.3 is 0 Å². The third-order valence-corrected chi connectivity index (χ3v) is 30.4. The van der Waals surface area contributed by atoms with Gasteiger partial charge in [-0.05, 0) is 209 Å². The lowest BCUT2D eigenvalue weighted by molar-refractivity contribution is 0.633. The Bertz CT molecular complexity index is 8430. The Balaban J connectivity index is 0.525. The van der Waals surface area contributed by atoms with Crippen molar-refractivity contribution in [3.63, 3.8) is 0 Å². The molecule has 0 saturated heterocycles. The van der Waals surface area contributed by atoms with Gasteiger partial charge in [-0.2, -0.15) is 0 Å². The maximum absolute atomic E-state index is 5.47. The Kier molecular flexibility index (Phi) is 15.7. The van der Waals surface area contributed by atoms with Crippen LogP contribution in [0.5, 0.6) is 0 Å². The molecule has 0 unspecified atom stereocenters. The first kappa shape index (κ1) is 73.5. The van der Waals surface area contributed by atoms with Crippen LogP contribution in [-0.2, 0) is 21.7 Å². The molecule has 0 aliphatic heterocycles. The fourth-order valence-electron chi connectivity index (χ4n) is 24.1. The van der Waals surface area contributed by atoms with Crippen molar-refractivity contribution in [3.05, 3.63) is 532 Å². The highest BCUT2D eigenvalue weighted by molar-refractivity contribution is 7.25. The molecule has 0 N–H and O–H groups in total. The van der Waals surface area contributed by atoms with Crippen molar-refractivity contribution in [1.29, 1.82) is 0 Å². The van der Waals surface area contributed by atoms with E-state index in [1.54, 1.807) is 6.20 Å². The Hall–Kier alpha value is -16.7. The molecule has 28 rings (SSSR count). The molecular weight excluding hydrogens is 1610 g/mol. The Morgan fingerprint density at radius 1 is 0.160 bits per heavy atom. The van der Waals surface area contributed by atoms with Crippen LogP contribution < -0.4 is 0 Å². The van der Waals surface area contributed by atoms with Crippen molar-refractivity contribution in [2.75, 3.05) is 0 Å². The predicted molar refractivity (Wildman–Crippen MR) is 529 cm³/mol. The highest BCUT2D eigenvalue weighted by atomic mass is 32.1. The molecule has 0 radical (unpaired) electrons. The van der Waals surface area contributed by atoms with E-state index >= 15 is 0 Å². The molecular formula is C123H73N7S. The molecule has 0 fully saturated rings. The van der Waals surface area contributed by atoms with Gasteiger partial charge in [0.2, 0.25) is 0 Å². The first-order valence-electron chi connectivity index (χ1n) is 45.0. The summed E-state index contributed by atoms with van der Waals surface area (Å²) in [7, 11) is 0. The standard InChI is InChI=1S/C123H73N7S/c1-3-29-75(30-4-1)114-126-117(82-34-27-33-78(69-82)80-60-64-89-87-37-9-14-43-96(87)123(109(89)71-80)106-52-23-19-48-102(106)120(103-49-20-24-53-107(103)123)94-41-12-7-35-85(94)86-36-8-13-42-95(86)120)128-118(127-114)83-62-66-91-90-65-61-81(72-111(90)131-112(91)73-83)79-63-67-99-93(70-79)88-38-10-15-44-97(88)121(99)100-46-17-21-50-104(100)122(105-51-22-18-47-101(105)121)98-45-16-11-39-92(98)113-84(40-28-54-108(113)122)74-56-58-77(59-57-74)116-125-115(76-31-5-2-6-32-76)129-119(130-116)110-55-25-26-68-124-110/h1-73H. The van der Waals surface area contributed by atoms with E-state index < -0.39 is 21.7 Å². The molecule has 7 nitrogen and oxygen atoms in total. The summed E-state index contributed by atoms with van der Waals surface area (Å²) < 4.78 is 2.37. The summed E-state index contributed by atoms with van der Waals surface area (Å²) in [4.78, 5) is 35.9. The number of aromatic nitrogens is 7. The van der Waals surface area contributed by atoms with Gasteiger partial charge in [0.15, 0.2) is 34.9 Å². The number of pyridine rings is 1. The number of benzene rings is 18. The number of hydrogen-bond donors (Lipinski definition) is 0. The second-order valence-electron chi connectivity index (χ2n) is 35.4. The number of thiophene rings is 1. The van der Waals surface area contributed by atoms with Gasteiger partial charge in [0.25, 0.3) is 0 Å². The van der Waals surface area contributed by atoms with Crippen LogP contribution in [0, 0.1) is 0 Å². The Labute approximate surface area is 760 Å². The van der Waals surface area contributed by atoms with Crippen molar-refractivity contribution in [1.82, 2.24) is 34.9 Å². The predicted octanol–water partition coefficient (Wildman–Crippen LogP) is 28.9. The average Bonchev–Trinajstić information content (AvgIpc) is 1.50. The summed E-state index contributed by atoms with van der Waals surface area (Å²) in [5.41, 5.74) is 40.4. The smallest absolute Gasteiger partial charge is 0.182 e. The minimum Gasteiger partial charge on any atom is -0.253 e. The van der Waals surface area contributed by atoms with Crippen LogP contribution in [-0.4, -0.2) is 34.9 Å². The third-order valence-electron chi connectivity index (χ3n) is 29.3. The molecule has 0 atom stereocenters. The summed E-state index contributed by atoms with van der Waals surface area (Å²) in [6.45, 7) is 0. The molecule has 18 aromatic carbocycles. The Morgan fingerprint density at radius 2 is 0.458 bits per heavy atom. The van der Waals surface area contributed by atoms with Crippen molar-refractivity contribution in [3.8, 4) is 146 Å². The maximum Gasteiger partial charge on any atom is 0.182 e. The summed E-state index contributed by atoms with van der Waals surface area (Å²) >= 11 is 1.82. The lowest BCUT2D eigenvalue weighted by atomic mass is 9.52. The zero-order chi connectivity index (χ0) is 85.8. The molecule has 0 amide bonds. The molecule has 131 heavy (non-hydrogen) atoms. The van der Waals surface area contributed by atoms with Crippen LogP contribution in [0.2, 0.25) is 0 Å². The fourth-order valence-corrected chi connectivity index (χ4v) is 25.3. The molecule has 6 aliphatic rings. The number of rotatable bonds is 9. The normalized spacial score (nSPS) is 14.2. The first-order valence-corrected chi connectivity index (χ1v) is 45.8. The maximum atomic E-state index is 5.47. The summed E-state index contributed by atoms with van der Waals surface area (Å²) in [5.74, 6) is 3.55. The van der Waals surface area contributed by atoms with Gasteiger partial charge in [0.05, 0.1) is 21.7 Å². The largest absolute Gasteiger partial charge is 0.253 e. The zero-order valence-corrected chi connectivity index (χ0v) is 71.5. The minimum atomic E-state index is -0.667. The molecule has 22 aromatic rings. The highest BCUT2D eigenvalue weighted by Gasteiger charge is 2.61. The second-order valence-corrected chi connectivity index (χ2v) is 36.5. The van der Waals surface area contributed by atoms with Gasteiger partial charge in [0.1, 0.15) is 5.69 Å². The summed E-state index contributed by atoms with van der Waals surface area (Å²) in [6, 6.07) is 162. The van der Waals surface area contributed by atoms with Crippen LogP contribution in [0.15, 0.2) is 443 Å². The van der Waals surface area contributed by atoms with Gasteiger partial charge in [-0.25, -0.2) is 29.9 Å². The topological polar surface area (TPSA) is 90.2 Å². The van der Waals surface area contributed by atoms with E-state index in [1.807, 2.05) is 65.9 Å². The van der Waals surface area contributed by atoms with Gasteiger partial charge in [-0.15, -0.1) is 11.3 Å². The molecule has 606 valence electrons. The number of nitrogens with zero attached hydrogens (tertiary/aromatic N) is 7. The van der Waals surface area contributed by atoms with E-state index in [0.29, 0.717) is 40.6 Å². The van der Waals surface area contributed by atoms with Crippen molar-refractivity contribution >= 4 is 31.5 Å². The monoisotopic (exact) mass is 1680 g/mol. The molecule has 0 saturated carbocycles. The Morgan fingerprint density at radius 3 is 0.962 bits per heavy atom. The minimum absolute atomic E-state index is 0.526. The molecule has 6 aliphatic carbocycles. The van der Waals surface area contributed by atoms with Gasteiger partial charge in [-0.1, -0.05) is 394 Å². The molecule has 4 aromatic heterocycles. The van der Waals surface area contributed by atoms with E-state index in [-0.39, 0.29) is 0 Å². The zero-order valence-electron chi connectivity index (χ0n) is 70.7. The molecule has 4 spiro atoms. The van der Waals surface area contributed by atoms with E-state index in [4.69, 9.17) is 29.9 Å². The third kappa shape index (κ3) is 10.1. The molecule has 4 heterocycles. The molecule has 0 bridgehead atoms. The van der Waals surface area contributed by atoms with Crippen LogP contribution in [0.4, 0.5) is 0 Å². The van der Waals surface area contributed by atoms with Crippen LogP contribution in [0.3, 0.4) is 0 Å². The summed E-state index contributed by atoms with van der Waals surface area (Å²) in [5, 5.41) is 2.41. The van der Waals surface area contributed by atoms with Gasteiger partial charge >= 0.3 is 0 Å². The van der Waals surface area contributed by atoms with E-state index in [2.05, 4.69) is 387 Å². The van der Waals surface area contributed by atoms with Gasteiger partial charge in [0, 0.05) is 54.2 Å². The lowest BCUT2D eigenvalue weighted by Crippen LogP contribution is -2.43.